The van der Waals surface area contributed by atoms with Gasteiger partial charge in [-0.1, -0.05) is 24.8 Å². The number of para-hydroxylation sites is 1. The van der Waals surface area contributed by atoms with Crippen molar-refractivity contribution in [2.45, 2.75) is 6.42 Å². The number of nitrogen functional groups attached to an aromatic ring is 1. The van der Waals surface area contributed by atoms with Crippen molar-refractivity contribution >= 4 is 23.9 Å². The van der Waals surface area contributed by atoms with Crippen LogP contribution in [0.1, 0.15) is 12.0 Å². The van der Waals surface area contributed by atoms with Crippen LogP contribution in [0.25, 0.3) is 5.57 Å². The van der Waals surface area contributed by atoms with Gasteiger partial charge in [-0.2, -0.15) is 12.6 Å². The number of thiol groups is 1. The van der Waals surface area contributed by atoms with Crippen molar-refractivity contribution in [2.75, 3.05) is 24.6 Å². The Morgan fingerprint density at radius 1 is 1.33 bits per heavy atom. The Labute approximate surface area is 97.0 Å². The Kier molecular flexibility index (Phi) is 5.29. The zero-order valence-corrected chi connectivity index (χ0v) is 9.76. The van der Waals surface area contributed by atoms with Gasteiger partial charge in [0.1, 0.15) is 0 Å². The number of nitrogens with one attached hydrogen (secondary N) is 1. The summed E-state index contributed by atoms with van der Waals surface area (Å²) in [6, 6.07) is 7.83. The van der Waals surface area contributed by atoms with Crippen molar-refractivity contribution in [3.63, 3.8) is 0 Å². The van der Waals surface area contributed by atoms with Crippen LogP contribution in [0.4, 0.5) is 5.69 Å². The minimum Gasteiger partial charge on any atom is -0.398 e. The molecule has 0 unspecified atom stereocenters. The van der Waals surface area contributed by atoms with E-state index in [0.717, 1.165) is 42.1 Å². The number of hydrogen-bond acceptors (Lipinski definition) is 3. The first-order chi connectivity index (χ1) is 7.25. The fourth-order valence-corrected chi connectivity index (χ4v) is 1.56. The predicted octanol–water partition coefficient (Wildman–Crippen LogP) is 2.19. The molecule has 1 aromatic carbocycles. The summed E-state index contributed by atoms with van der Waals surface area (Å²) in [4.78, 5) is 0. The third kappa shape index (κ3) is 3.98. The maximum absolute atomic E-state index is 5.86. The smallest absolute Gasteiger partial charge is 0.0390 e. The molecule has 3 heteroatoms. The molecule has 0 fully saturated rings. The summed E-state index contributed by atoms with van der Waals surface area (Å²) in [6.45, 7) is 5.90. The second-order valence-electron chi connectivity index (χ2n) is 3.41. The third-order valence-corrected chi connectivity index (χ3v) is 2.46. The van der Waals surface area contributed by atoms with Crippen molar-refractivity contribution < 1.29 is 0 Å². The Hall–Kier alpha value is -0.930. The average molecular weight is 222 g/mol. The van der Waals surface area contributed by atoms with Gasteiger partial charge in [0, 0.05) is 23.5 Å². The first kappa shape index (κ1) is 12.1. The van der Waals surface area contributed by atoms with E-state index in [-0.39, 0.29) is 0 Å². The lowest BCUT2D eigenvalue weighted by atomic mass is 10.0. The molecule has 0 aliphatic carbocycles. The van der Waals surface area contributed by atoms with Crippen LogP contribution in [-0.4, -0.2) is 18.8 Å². The molecular formula is C12H18N2S. The monoisotopic (exact) mass is 222 g/mol. The molecule has 15 heavy (non-hydrogen) atoms. The van der Waals surface area contributed by atoms with Crippen LogP contribution < -0.4 is 11.1 Å². The van der Waals surface area contributed by atoms with Crippen molar-refractivity contribution in [1.82, 2.24) is 5.32 Å². The number of nitrogens with two attached hydrogens (primary N) is 1. The van der Waals surface area contributed by atoms with E-state index in [1.54, 1.807) is 0 Å². The Balaban J connectivity index is 2.44. The van der Waals surface area contributed by atoms with Crippen LogP contribution in [-0.2, 0) is 0 Å². The van der Waals surface area contributed by atoms with E-state index in [1.165, 1.54) is 0 Å². The van der Waals surface area contributed by atoms with Gasteiger partial charge in [-0.3, -0.25) is 0 Å². The highest BCUT2D eigenvalue weighted by Gasteiger charge is 2.01. The number of rotatable bonds is 6. The summed E-state index contributed by atoms with van der Waals surface area (Å²) in [6.07, 6.45) is 0.919. The Bertz CT molecular complexity index is 323. The molecular weight excluding hydrogens is 204 g/mol. The van der Waals surface area contributed by atoms with Crippen LogP contribution in [0.5, 0.6) is 0 Å². The summed E-state index contributed by atoms with van der Waals surface area (Å²) in [7, 11) is 0. The lowest BCUT2D eigenvalue weighted by Crippen LogP contribution is -2.17. The van der Waals surface area contributed by atoms with Crippen molar-refractivity contribution in [3.8, 4) is 0 Å². The van der Waals surface area contributed by atoms with E-state index in [9.17, 15) is 0 Å². The maximum Gasteiger partial charge on any atom is 0.0390 e. The fourth-order valence-electron chi connectivity index (χ4n) is 1.40. The fraction of sp³-hybridized carbons (Fsp3) is 0.333. The third-order valence-electron chi connectivity index (χ3n) is 2.23. The quantitative estimate of drug-likeness (QED) is 0.392. The van der Waals surface area contributed by atoms with E-state index >= 15 is 0 Å². The minimum atomic E-state index is 0.802. The maximum atomic E-state index is 5.86. The molecule has 1 rings (SSSR count). The Morgan fingerprint density at radius 3 is 2.73 bits per heavy atom. The van der Waals surface area contributed by atoms with E-state index in [4.69, 9.17) is 5.73 Å². The Morgan fingerprint density at radius 2 is 2.07 bits per heavy atom. The highest BCUT2D eigenvalue weighted by molar-refractivity contribution is 7.80. The lowest BCUT2D eigenvalue weighted by molar-refractivity contribution is 0.738. The van der Waals surface area contributed by atoms with Gasteiger partial charge >= 0.3 is 0 Å². The van der Waals surface area contributed by atoms with E-state index < -0.39 is 0 Å². The van der Waals surface area contributed by atoms with E-state index in [2.05, 4.69) is 24.5 Å². The van der Waals surface area contributed by atoms with Crippen LogP contribution in [0.15, 0.2) is 30.8 Å². The molecule has 0 aliphatic rings. The molecule has 0 atom stereocenters. The van der Waals surface area contributed by atoms with Gasteiger partial charge in [-0.05, 0) is 24.6 Å². The average Bonchev–Trinajstić information content (AvgIpc) is 2.25. The zero-order chi connectivity index (χ0) is 11.1. The van der Waals surface area contributed by atoms with Gasteiger partial charge in [0.15, 0.2) is 0 Å². The van der Waals surface area contributed by atoms with Crippen LogP contribution in [0, 0.1) is 0 Å². The van der Waals surface area contributed by atoms with Crippen molar-refractivity contribution in [2.24, 2.45) is 0 Å². The molecule has 0 heterocycles. The van der Waals surface area contributed by atoms with Gasteiger partial charge < -0.3 is 11.1 Å². The SMILES string of the molecule is C=C(CCNCCS)c1ccccc1N. The highest BCUT2D eigenvalue weighted by Crippen LogP contribution is 2.21. The van der Waals surface area contributed by atoms with E-state index in [1.807, 2.05) is 24.3 Å². The highest BCUT2D eigenvalue weighted by atomic mass is 32.1. The van der Waals surface area contributed by atoms with Gasteiger partial charge in [-0.25, -0.2) is 0 Å². The molecule has 0 saturated carbocycles. The first-order valence-corrected chi connectivity index (χ1v) is 5.73. The summed E-state index contributed by atoms with van der Waals surface area (Å²) >= 11 is 4.13. The van der Waals surface area contributed by atoms with E-state index in [0.29, 0.717) is 0 Å². The van der Waals surface area contributed by atoms with Crippen LogP contribution >= 0.6 is 12.6 Å². The molecule has 1 aromatic rings. The molecule has 0 amide bonds. The largest absolute Gasteiger partial charge is 0.398 e. The predicted molar refractivity (Wildman–Crippen MR) is 71.2 cm³/mol. The molecule has 82 valence electrons. The molecule has 0 spiro atoms. The number of anilines is 1. The topological polar surface area (TPSA) is 38.0 Å². The van der Waals surface area contributed by atoms with Crippen LogP contribution in [0.2, 0.25) is 0 Å². The molecule has 0 radical (unpaired) electrons. The number of benzene rings is 1. The summed E-state index contributed by atoms with van der Waals surface area (Å²) in [5.74, 6) is 0.861. The molecule has 0 aromatic heterocycles. The van der Waals surface area contributed by atoms with Crippen molar-refractivity contribution in [3.05, 3.63) is 36.4 Å². The summed E-state index contributed by atoms with van der Waals surface area (Å²) in [5.41, 5.74) is 8.80. The second-order valence-corrected chi connectivity index (χ2v) is 3.86. The molecule has 3 N–H and O–H groups in total. The molecule has 0 aliphatic heterocycles. The zero-order valence-electron chi connectivity index (χ0n) is 8.87. The van der Waals surface area contributed by atoms with Crippen molar-refractivity contribution in [1.29, 1.82) is 0 Å². The van der Waals surface area contributed by atoms with Gasteiger partial charge in [0.25, 0.3) is 0 Å². The molecule has 0 bridgehead atoms. The standard InChI is InChI=1S/C12H18N2S/c1-10(6-7-14-8-9-15)11-4-2-3-5-12(11)13/h2-5,14-15H,1,6-9,13H2. The molecule has 0 saturated heterocycles. The lowest BCUT2D eigenvalue weighted by Gasteiger charge is -2.09. The summed E-state index contributed by atoms with van der Waals surface area (Å²) < 4.78 is 0. The summed E-state index contributed by atoms with van der Waals surface area (Å²) in [5, 5.41) is 3.28. The van der Waals surface area contributed by atoms with Crippen LogP contribution in [0.3, 0.4) is 0 Å². The van der Waals surface area contributed by atoms with Gasteiger partial charge in [0.05, 0.1) is 0 Å². The second kappa shape index (κ2) is 6.53. The normalized spacial score (nSPS) is 10.2. The molecule has 2 nitrogen and oxygen atoms in total. The number of hydrogen-bond donors (Lipinski definition) is 3. The first-order valence-electron chi connectivity index (χ1n) is 5.10. The van der Waals surface area contributed by atoms with Gasteiger partial charge in [-0.15, -0.1) is 0 Å². The minimum absolute atomic E-state index is 0.802. The van der Waals surface area contributed by atoms with Gasteiger partial charge in [0.2, 0.25) is 0 Å².